The lowest BCUT2D eigenvalue weighted by molar-refractivity contribution is -0.143. The lowest BCUT2D eigenvalue weighted by atomic mass is 9.98. The number of guanidine groups is 1. The molecule has 0 aliphatic rings. The second-order valence-electron chi connectivity index (χ2n) is 13.5. The number of aliphatic hydroxyl groups is 1. The monoisotopic (exact) mass is 748 g/mol. The van der Waals surface area contributed by atoms with E-state index in [1.807, 2.05) is 13.8 Å². The van der Waals surface area contributed by atoms with E-state index in [4.69, 9.17) is 22.9 Å². The van der Waals surface area contributed by atoms with E-state index in [0.717, 1.165) is 0 Å². The number of hydrogen-bond acceptors (Lipinski definition) is 10. The van der Waals surface area contributed by atoms with Crippen molar-refractivity contribution in [1.82, 2.24) is 26.6 Å². The van der Waals surface area contributed by atoms with Crippen molar-refractivity contribution < 1.29 is 43.8 Å². The number of nitrogens with one attached hydrogen (secondary N) is 5. The van der Waals surface area contributed by atoms with Crippen molar-refractivity contribution in [3.8, 4) is 0 Å². The van der Waals surface area contributed by atoms with Crippen molar-refractivity contribution in [2.75, 3.05) is 13.1 Å². The van der Waals surface area contributed by atoms with Crippen molar-refractivity contribution in [2.24, 2.45) is 39.8 Å². The SMILES string of the molecule is CC(C)C[C@H](NC(=O)[C@H](Cc1ccccc1)NC(=O)[C@H](O)CN)C(=O)N[C@H](CC(C)C)C(=O)N[C@@H](CCCN=C(N)N)C(=O)N[C@H](CC(N)=O)C(=O)O. The first-order chi connectivity index (χ1) is 24.8. The van der Waals surface area contributed by atoms with Gasteiger partial charge in [0.15, 0.2) is 5.96 Å². The molecule has 296 valence electrons. The van der Waals surface area contributed by atoms with Crippen molar-refractivity contribution in [1.29, 1.82) is 0 Å². The predicted molar refractivity (Wildman–Crippen MR) is 195 cm³/mol. The smallest absolute Gasteiger partial charge is 0.326 e. The summed E-state index contributed by atoms with van der Waals surface area (Å²) in [4.78, 5) is 93.9. The fraction of sp³-hybridized carbons (Fsp3) is 0.588. The minimum Gasteiger partial charge on any atom is -0.480 e. The Balaban J connectivity index is 3.33. The maximum Gasteiger partial charge on any atom is 0.326 e. The van der Waals surface area contributed by atoms with Crippen molar-refractivity contribution in [2.45, 2.75) is 103 Å². The molecule has 0 bridgehead atoms. The zero-order valence-electron chi connectivity index (χ0n) is 30.7. The third-order valence-electron chi connectivity index (χ3n) is 7.72. The standard InChI is InChI=1S/C34H56N10O9/c1-18(2)13-22(29(48)40-21(11-8-12-39-34(37)38)28(47)44-25(33(52)53)16-27(36)46)41-30(49)23(14-19(3)4)42-31(50)24(43-32(51)26(45)17-35)15-20-9-6-5-7-10-20/h5-7,9-10,18-19,21-26,45H,8,11-17,35H2,1-4H3,(H2,36,46)(H,40,48)(H,41,49)(H,42,50)(H,43,51)(H,44,47)(H,52,53)(H4,37,38,39)/t21-,22+,23-,24-,25+,26+/m0/s1. The van der Waals surface area contributed by atoms with Crippen LogP contribution in [0.15, 0.2) is 35.3 Å². The van der Waals surface area contributed by atoms with Crippen LogP contribution < -0.4 is 49.5 Å². The molecule has 1 rings (SSSR count). The number of primary amides is 1. The molecule has 0 heterocycles. The van der Waals surface area contributed by atoms with Gasteiger partial charge < -0.3 is 59.7 Å². The number of benzene rings is 1. The van der Waals surface area contributed by atoms with E-state index in [1.54, 1.807) is 44.2 Å². The summed E-state index contributed by atoms with van der Waals surface area (Å²) < 4.78 is 0. The number of nitrogens with two attached hydrogens (primary N) is 4. The van der Waals surface area contributed by atoms with Gasteiger partial charge in [0.05, 0.1) is 6.42 Å². The fourth-order valence-corrected chi connectivity index (χ4v) is 5.10. The largest absolute Gasteiger partial charge is 0.480 e. The molecule has 0 unspecified atom stereocenters. The number of aliphatic imine (C=N–C) groups is 1. The maximum absolute atomic E-state index is 13.8. The van der Waals surface area contributed by atoms with E-state index in [-0.39, 0.29) is 63.0 Å². The van der Waals surface area contributed by atoms with Crippen LogP contribution in [0.4, 0.5) is 0 Å². The quantitative estimate of drug-likeness (QED) is 0.0288. The number of nitrogens with zero attached hydrogens (tertiary/aromatic N) is 1. The molecule has 6 atom stereocenters. The zero-order chi connectivity index (χ0) is 40.2. The molecular weight excluding hydrogens is 692 g/mol. The molecule has 1 aromatic carbocycles. The molecule has 0 aliphatic heterocycles. The number of carboxylic acids is 1. The van der Waals surface area contributed by atoms with Crippen LogP contribution in [-0.4, -0.2) is 107 Å². The van der Waals surface area contributed by atoms with Gasteiger partial charge in [-0.05, 0) is 43.1 Å². The van der Waals surface area contributed by atoms with Gasteiger partial charge in [-0.15, -0.1) is 0 Å². The normalized spacial score (nSPS) is 14.4. The van der Waals surface area contributed by atoms with Crippen LogP contribution in [-0.2, 0) is 40.0 Å². The van der Waals surface area contributed by atoms with E-state index < -0.39 is 84.1 Å². The van der Waals surface area contributed by atoms with Crippen LogP contribution in [0.5, 0.6) is 0 Å². The van der Waals surface area contributed by atoms with E-state index in [2.05, 4.69) is 31.6 Å². The summed E-state index contributed by atoms with van der Waals surface area (Å²) in [5, 5.41) is 32.1. The van der Waals surface area contributed by atoms with E-state index in [9.17, 15) is 43.8 Å². The molecule has 0 saturated carbocycles. The summed E-state index contributed by atoms with van der Waals surface area (Å²) in [6.45, 7) is 6.93. The number of rotatable bonds is 24. The number of aliphatic hydroxyl groups excluding tert-OH is 1. The Labute approximate surface area is 308 Å². The maximum atomic E-state index is 13.8. The highest BCUT2D eigenvalue weighted by Crippen LogP contribution is 2.12. The molecule has 19 heteroatoms. The summed E-state index contributed by atoms with van der Waals surface area (Å²) in [5.41, 5.74) is 22.0. The fourth-order valence-electron chi connectivity index (χ4n) is 5.10. The van der Waals surface area contributed by atoms with Crippen LogP contribution in [0, 0.1) is 11.8 Å². The summed E-state index contributed by atoms with van der Waals surface area (Å²) in [7, 11) is 0. The molecule has 6 amide bonds. The van der Waals surface area contributed by atoms with Gasteiger partial charge in [-0.2, -0.15) is 0 Å². The van der Waals surface area contributed by atoms with Crippen LogP contribution in [0.3, 0.4) is 0 Å². The van der Waals surface area contributed by atoms with Gasteiger partial charge in [0.1, 0.15) is 36.3 Å². The number of carbonyl (C=O) groups is 7. The van der Waals surface area contributed by atoms with Crippen LogP contribution in [0.1, 0.15) is 65.4 Å². The topological polar surface area (TPSA) is 337 Å². The van der Waals surface area contributed by atoms with Crippen molar-refractivity contribution in [3.63, 3.8) is 0 Å². The zero-order valence-corrected chi connectivity index (χ0v) is 30.7. The summed E-state index contributed by atoms with van der Waals surface area (Å²) in [5.74, 6) is -6.99. The molecule has 0 aromatic heterocycles. The molecule has 53 heavy (non-hydrogen) atoms. The van der Waals surface area contributed by atoms with E-state index in [1.165, 1.54) is 0 Å². The summed E-state index contributed by atoms with van der Waals surface area (Å²) in [6, 6.07) is 2.16. The highest BCUT2D eigenvalue weighted by Gasteiger charge is 2.33. The number of carboxylic acid groups (broad SMARTS) is 1. The highest BCUT2D eigenvalue weighted by molar-refractivity contribution is 5.96. The Kier molecular flexibility index (Phi) is 20.1. The van der Waals surface area contributed by atoms with Crippen molar-refractivity contribution >= 4 is 47.4 Å². The Morgan fingerprint density at radius 2 is 1.13 bits per heavy atom. The molecule has 0 aliphatic carbocycles. The van der Waals surface area contributed by atoms with E-state index >= 15 is 0 Å². The first-order valence-electron chi connectivity index (χ1n) is 17.3. The Hall–Kier alpha value is -5.30. The Morgan fingerprint density at radius 1 is 0.679 bits per heavy atom. The summed E-state index contributed by atoms with van der Waals surface area (Å²) in [6.07, 6.45) is -1.88. The number of aliphatic carboxylic acids is 1. The highest BCUT2D eigenvalue weighted by atomic mass is 16.4. The van der Waals surface area contributed by atoms with Gasteiger partial charge in [-0.25, -0.2) is 4.79 Å². The van der Waals surface area contributed by atoms with Gasteiger partial charge in [0.2, 0.25) is 29.5 Å². The first-order valence-corrected chi connectivity index (χ1v) is 17.3. The molecule has 1 aromatic rings. The summed E-state index contributed by atoms with van der Waals surface area (Å²) >= 11 is 0. The number of amides is 6. The van der Waals surface area contributed by atoms with E-state index in [0.29, 0.717) is 5.56 Å². The van der Waals surface area contributed by atoms with Crippen molar-refractivity contribution in [3.05, 3.63) is 35.9 Å². The van der Waals surface area contributed by atoms with Gasteiger partial charge in [-0.3, -0.25) is 33.8 Å². The molecular formula is C34H56N10O9. The third kappa shape index (κ3) is 18.2. The van der Waals surface area contributed by atoms with Gasteiger partial charge >= 0.3 is 5.97 Å². The van der Waals surface area contributed by atoms with Crippen LogP contribution in [0.25, 0.3) is 0 Å². The van der Waals surface area contributed by atoms with Crippen LogP contribution >= 0.6 is 0 Å². The number of carbonyl (C=O) groups excluding carboxylic acids is 6. The second kappa shape index (κ2) is 23.3. The molecule has 0 spiro atoms. The molecule has 0 fully saturated rings. The second-order valence-corrected chi connectivity index (χ2v) is 13.5. The predicted octanol–water partition coefficient (Wildman–Crippen LogP) is -2.92. The minimum absolute atomic E-state index is 0.0267. The van der Waals surface area contributed by atoms with Gasteiger partial charge in [-0.1, -0.05) is 58.0 Å². The van der Waals surface area contributed by atoms with Gasteiger partial charge in [0, 0.05) is 19.5 Å². The lowest BCUT2D eigenvalue weighted by Gasteiger charge is -2.28. The molecule has 0 radical (unpaired) electrons. The average Bonchev–Trinajstić information content (AvgIpc) is 3.07. The Morgan fingerprint density at radius 3 is 1.58 bits per heavy atom. The minimum atomic E-state index is -1.67. The first kappa shape index (κ1) is 45.7. The molecule has 15 N–H and O–H groups in total. The molecule has 19 nitrogen and oxygen atoms in total. The lowest BCUT2D eigenvalue weighted by Crippen LogP contribution is -2.59. The number of hydrogen-bond donors (Lipinski definition) is 11. The Bertz CT molecular complexity index is 1420. The van der Waals surface area contributed by atoms with Crippen LogP contribution in [0.2, 0.25) is 0 Å². The average molecular weight is 749 g/mol. The molecule has 0 saturated heterocycles. The van der Waals surface area contributed by atoms with Gasteiger partial charge in [0.25, 0.3) is 5.91 Å². The third-order valence-corrected chi connectivity index (χ3v) is 7.72.